The molecule has 0 bridgehead atoms. The molecule has 6 heteroatoms. The van der Waals surface area contributed by atoms with E-state index in [-0.39, 0.29) is 5.56 Å². The average molecular weight is 325 g/mol. The van der Waals surface area contributed by atoms with E-state index in [1.165, 1.54) is 12.1 Å². The van der Waals surface area contributed by atoms with E-state index in [4.69, 9.17) is 0 Å². The summed E-state index contributed by atoms with van der Waals surface area (Å²) in [5.74, 6) is -0.270. The van der Waals surface area contributed by atoms with E-state index < -0.39 is 24.4 Å². The third-order valence-electron chi connectivity index (χ3n) is 3.73. The molecule has 1 heterocycles. The minimum Gasteiger partial charge on any atom is -0.394 e. The molecule has 0 saturated carbocycles. The zero-order valence-electron chi connectivity index (χ0n) is 13.0. The van der Waals surface area contributed by atoms with Gasteiger partial charge in [0, 0.05) is 22.7 Å². The van der Waals surface area contributed by atoms with Crippen LogP contribution in [0.1, 0.15) is 27.8 Å². The van der Waals surface area contributed by atoms with Gasteiger partial charge in [0.2, 0.25) is 0 Å². The van der Waals surface area contributed by atoms with Crippen molar-refractivity contribution >= 4 is 16.8 Å². The van der Waals surface area contributed by atoms with Gasteiger partial charge < -0.3 is 10.4 Å². The summed E-state index contributed by atoms with van der Waals surface area (Å²) in [6, 6.07) is 10.3. The molecule has 5 nitrogen and oxygen atoms in total. The van der Waals surface area contributed by atoms with Crippen LogP contribution in [-0.2, 0) is 0 Å². The Morgan fingerprint density at radius 3 is 2.83 bits per heavy atom. The molecule has 3 rings (SSSR count). The van der Waals surface area contributed by atoms with Crippen LogP contribution in [-0.4, -0.2) is 27.6 Å². The van der Waals surface area contributed by atoms with Crippen LogP contribution in [0, 0.1) is 12.7 Å². The SMILES string of the molecule is Cc1ncc2ccc(C(=O)NC(CO)c3ccccc3F)cc2n1. The van der Waals surface area contributed by atoms with Crippen molar-refractivity contribution in [2.45, 2.75) is 13.0 Å². The lowest BCUT2D eigenvalue weighted by atomic mass is 10.1. The number of nitrogens with zero attached hydrogens (tertiary/aromatic N) is 2. The Balaban J connectivity index is 1.87. The Morgan fingerprint density at radius 2 is 2.08 bits per heavy atom. The first-order valence-corrected chi connectivity index (χ1v) is 7.48. The molecule has 0 aliphatic rings. The van der Waals surface area contributed by atoms with Crippen molar-refractivity contribution in [2.75, 3.05) is 6.61 Å². The summed E-state index contributed by atoms with van der Waals surface area (Å²) in [6.45, 7) is 1.37. The summed E-state index contributed by atoms with van der Waals surface area (Å²) in [7, 11) is 0. The third kappa shape index (κ3) is 3.23. The van der Waals surface area contributed by atoms with Crippen LogP contribution in [0.3, 0.4) is 0 Å². The van der Waals surface area contributed by atoms with Gasteiger partial charge in [0.1, 0.15) is 11.6 Å². The number of hydrogen-bond donors (Lipinski definition) is 2. The Kier molecular flexibility index (Phi) is 4.48. The molecule has 1 atom stereocenters. The van der Waals surface area contributed by atoms with Gasteiger partial charge >= 0.3 is 0 Å². The first-order valence-electron chi connectivity index (χ1n) is 7.48. The van der Waals surface area contributed by atoms with Crippen molar-refractivity contribution in [1.82, 2.24) is 15.3 Å². The lowest BCUT2D eigenvalue weighted by molar-refractivity contribution is 0.0915. The molecule has 2 aromatic carbocycles. The summed E-state index contributed by atoms with van der Waals surface area (Å²) >= 11 is 0. The normalized spacial score (nSPS) is 12.1. The number of aliphatic hydroxyl groups excluding tert-OH is 1. The van der Waals surface area contributed by atoms with Crippen molar-refractivity contribution < 1.29 is 14.3 Å². The molecule has 0 fully saturated rings. The summed E-state index contributed by atoms with van der Waals surface area (Å²) in [5.41, 5.74) is 1.28. The van der Waals surface area contributed by atoms with Crippen LogP contribution in [0.2, 0.25) is 0 Å². The van der Waals surface area contributed by atoms with E-state index in [2.05, 4.69) is 15.3 Å². The molecule has 2 N–H and O–H groups in total. The van der Waals surface area contributed by atoms with Gasteiger partial charge in [0.15, 0.2) is 0 Å². The van der Waals surface area contributed by atoms with Gasteiger partial charge in [-0.3, -0.25) is 4.79 Å². The van der Waals surface area contributed by atoms with Crippen molar-refractivity contribution in [2.24, 2.45) is 0 Å². The molecule has 0 saturated heterocycles. The van der Waals surface area contributed by atoms with Crippen molar-refractivity contribution in [3.05, 3.63) is 71.4 Å². The molecule has 0 aliphatic heterocycles. The van der Waals surface area contributed by atoms with Crippen molar-refractivity contribution in [3.8, 4) is 0 Å². The molecular weight excluding hydrogens is 309 g/mol. The number of carbonyl (C=O) groups is 1. The Hall–Kier alpha value is -2.86. The average Bonchev–Trinajstić information content (AvgIpc) is 2.59. The zero-order valence-corrected chi connectivity index (χ0v) is 13.0. The summed E-state index contributed by atoms with van der Waals surface area (Å²) in [4.78, 5) is 20.8. The molecule has 0 spiro atoms. The fourth-order valence-electron chi connectivity index (χ4n) is 2.48. The molecule has 1 aromatic heterocycles. The number of carbonyl (C=O) groups excluding carboxylic acids is 1. The number of rotatable bonds is 4. The van der Waals surface area contributed by atoms with Gasteiger partial charge in [0.25, 0.3) is 5.91 Å². The zero-order chi connectivity index (χ0) is 17.1. The number of hydrogen-bond acceptors (Lipinski definition) is 4. The van der Waals surface area contributed by atoms with Gasteiger partial charge in [-0.05, 0) is 25.1 Å². The lowest BCUT2D eigenvalue weighted by Gasteiger charge is -2.17. The molecule has 0 radical (unpaired) electrons. The third-order valence-corrected chi connectivity index (χ3v) is 3.73. The molecule has 0 aliphatic carbocycles. The summed E-state index contributed by atoms with van der Waals surface area (Å²) < 4.78 is 13.9. The van der Waals surface area contributed by atoms with E-state index in [1.807, 2.05) is 0 Å². The van der Waals surface area contributed by atoms with Crippen LogP contribution < -0.4 is 5.32 Å². The number of benzene rings is 2. The molecule has 24 heavy (non-hydrogen) atoms. The quantitative estimate of drug-likeness (QED) is 0.773. The number of amides is 1. The first-order chi connectivity index (χ1) is 11.6. The summed E-state index contributed by atoms with van der Waals surface area (Å²) in [5, 5.41) is 13.0. The van der Waals surface area contributed by atoms with Crippen molar-refractivity contribution in [3.63, 3.8) is 0 Å². The smallest absolute Gasteiger partial charge is 0.251 e. The molecular formula is C18H16FN3O2. The van der Waals surface area contributed by atoms with Gasteiger partial charge in [-0.15, -0.1) is 0 Å². The number of nitrogens with one attached hydrogen (secondary N) is 1. The number of aromatic nitrogens is 2. The van der Waals surface area contributed by atoms with Gasteiger partial charge in [-0.2, -0.15) is 0 Å². The maximum atomic E-state index is 13.9. The highest BCUT2D eigenvalue weighted by molar-refractivity contribution is 5.97. The fraction of sp³-hybridized carbons (Fsp3) is 0.167. The topological polar surface area (TPSA) is 75.1 Å². The Bertz CT molecular complexity index is 898. The summed E-state index contributed by atoms with van der Waals surface area (Å²) in [6.07, 6.45) is 1.69. The highest BCUT2D eigenvalue weighted by Crippen LogP contribution is 2.18. The van der Waals surface area contributed by atoms with Crippen LogP contribution in [0.25, 0.3) is 10.9 Å². The predicted molar refractivity (Wildman–Crippen MR) is 88.0 cm³/mol. The highest BCUT2D eigenvalue weighted by atomic mass is 19.1. The van der Waals surface area contributed by atoms with Gasteiger partial charge in [0.05, 0.1) is 18.2 Å². The predicted octanol–water partition coefficient (Wildman–Crippen LogP) is 2.54. The van der Waals surface area contributed by atoms with Crippen molar-refractivity contribution in [1.29, 1.82) is 0 Å². The number of aliphatic hydroxyl groups is 1. The molecule has 1 unspecified atom stereocenters. The standard InChI is InChI=1S/C18H16FN3O2/c1-11-20-9-13-7-6-12(8-16(13)21-11)18(24)22-17(10-23)14-4-2-3-5-15(14)19/h2-9,17,23H,10H2,1H3,(H,22,24). The van der Waals surface area contributed by atoms with E-state index in [0.717, 1.165) is 5.39 Å². The minimum absolute atomic E-state index is 0.243. The minimum atomic E-state index is -0.818. The molecule has 122 valence electrons. The Labute approximate surface area is 138 Å². The highest BCUT2D eigenvalue weighted by Gasteiger charge is 2.18. The van der Waals surface area contributed by atoms with E-state index in [9.17, 15) is 14.3 Å². The van der Waals surface area contributed by atoms with E-state index in [1.54, 1.807) is 43.5 Å². The first kappa shape index (κ1) is 16.0. The van der Waals surface area contributed by atoms with Crippen LogP contribution in [0.15, 0.2) is 48.7 Å². The monoisotopic (exact) mass is 325 g/mol. The molecule has 1 amide bonds. The second-order valence-electron chi connectivity index (χ2n) is 5.42. The van der Waals surface area contributed by atoms with Gasteiger partial charge in [-0.25, -0.2) is 14.4 Å². The number of halogens is 1. The van der Waals surface area contributed by atoms with Crippen LogP contribution >= 0.6 is 0 Å². The Morgan fingerprint density at radius 1 is 1.29 bits per heavy atom. The second-order valence-corrected chi connectivity index (χ2v) is 5.42. The second kappa shape index (κ2) is 6.72. The maximum absolute atomic E-state index is 13.9. The molecule has 3 aromatic rings. The van der Waals surface area contributed by atoms with Gasteiger partial charge in [-0.1, -0.05) is 24.3 Å². The van der Waals surface area contributed by atoms with E-state index in [0.29, 0.717) is 16.9 Å². The number of aryl methyl sites for hydroxylation is 1. The van der Waals surface area contributed by atoms with Crippen LogP contribution in [0.4, 0.5) is 4.39 Å². The fourth-order valence-corrected chi connectivity index (χ4v) is 2.48. The van der Waals surface area contributed by atoms with E-state index >= 15 is 0 Å². The van der Waals surface area contributed by atoms with Crippen LogP contribution in [0.5, 0.6) is 0 Å². The number of fused-ring (bicyclic) bond motifs is 1. The maximum Gasteiger partial charge on any atom is 0.251 e. The lowest BCUT2D eigenvalue weighted by Crippen LogP contribution is -2.31. The largest absolute Gasteiger partial charge is 0.394 e.